The molecule has 4 nitrogen and oxygen atoms in total. The molecule has 0 N–H and O–H groups in total. The summed E-state index contributed by atoms with van der Waals surface area (Å²) < 4.78 is 21.4. The summed E-state index contributed by atoms with van der Waals surface area (Å²) in [7, 11) is 6.45. The molecule has 0 heterocycles. The van der Waals surface area contributed by atoms with Crippen molar-refractivity contribution in [1.82, 2.24) is 0 Å². The fourth-order valence-corrected chi connectivity index (χ4v) is 2.12. The third-order valence-corrected chi connectivity index (χ3v) is 3.08. The van der Waals surface area contributed by atoms with E-state index in [4.69, 9.17) is 18.9 Å². The smallest absolute Gasteiger partial charge is 0.203 e. The Morgan fingerprint density at radius 3 is 2.05 bits per heavy atom. The molecule has 20 heavy (non-hydrogen) atoms. The van der Waals surface area contributed by atoms with Crippen LogP contribution in [0.5, 0.6) is 23.0 Å². The van der Waals surface area contributed by atoms with Gasteiger partial charge in [0.25, 0.3) is 0 Å². The van der Waals surface area contributed by atoms with Crippen LogP contribution in [0, 0.1) is 0 Å². The molecule has 4 heteroatoms. The van der Waals surface area contributed by atoms with Gasteiger partial charge in [0.1, 0.15) is 5.75 Å². The molecule has 2 aromatic carbocycles. The van der Waals surface area contributed by atoms with Crippen molar-refractivity contribution in [3.05, 3.63) is 36.4 Å². The normalized spacial score (nSPS) is 10.0. The summed E-state index contributed by atoms with van der Waals surface area (Å²) >= 11 is 0. The van der Waals surface area contributed by atoms with Gasteiger partial charge in [-0.25, -0.2) is 0 Å². The molecule has 2 rings (SSSR count). The monoisotopic (exact) mass is 274 g/mol. The Labute approximate surface area is 118 Å². The Morgan fingerprint density at radius 2 is 1.45 bits per heavy atom. The summed E-state index contributed by atoms with van der Waals surface area (Å²) in [5.41, 5.74) is 1.91. The van der Waals surface area contributed by atoms with Crippen LogP contribution in [0.2, 0.25) is 0 Å². The molecule has 0 aliphatic rings. The van der Waals surface area contributed by atoms with Crippen molar-refractivity contribution >= 4 is 0 Å². The van der Waals surface area contributed by atoms with Crippen LogP contribution >= 0.6 is 0 Å². The molecule has 0 unspecified atom stereocenters. The quantitative estimate of drug-likeness (QED) is 0.837. The highest BCUT2D eigenvalue weighted by atomic mass is 16.5. The summed E-state index contributed by atoms with van der Waals surface area (Å²) in [5.74, 6) is 2.64. The number of hydrogen-bond acceptors (Lipinski definition) is 4. The first-order chi connectivity index (χ1) is 9.74. The molecule has 2 aromatic rings. The van der Waals surface area contributed by atoms with E-state index < -0.39 is 0 Å². The highest BCUT2D eigenvalue weighted by Gasteiger charge is 2.17. The number of benzene rings is 2. The Balaban J connectivity index is 2.61. The van der Waals surface area contributed by atoms with Crippen LogP contribution < -0.4 is 18.9 Å². The van der Waals surface area contributed by atoms with Gasteiger partial charge < -0.3 is 18.9 Å². The molecular weight excluding hydrogens is 256 g/mol. The average Bonchev–Trinajstić information content (AvgIpc) is 2.53. The molecule has 0 amide bonds. The van der Waals surface area contributed by atoms with Gasteiger partial charge in [0.2, 0.25) is 5.75 Å². The van der Waals surface area contributed by atoms with Gasteiger partial charge >= 0.3 is 0 Å². The maximum Gasteiger partial charge on any atom is 0.203 e. The van der Waals surface area contributed by atoms with Crippen molar-refractivity contribution in [2.24, 2.45) is 0 Å². The van der Waals surface area contributed by atoms with Crippen molar-refractivity contribution in [2.45, 2.75) is 0 Å². The summed E-state index contributed by atoms with van der Waals surface area (Å²) in [6, 6.07) is 11.6. The molecule has 0 spiro atoms. The van der Waals surface area contributed by atoms with Crippen LogP contribution in [-0.2, 0) is 0 Å². The largest absolute Gasteiger partial charge is 0.497 e. The Bertz CT molecular complexity index is 593. The summed E-state index contributed by atoms with van der Waals surface area (Å²) in [6.07, 6.45) is 0. The number of ether oxygens (including phenoxy) is 4. The lowest BCUT2D eigenvalue weighted by Crippen LogP contribution is -1.97. The van der Waals surface area contributed by atoms with Gasteiger partial charge in [-0.1, -0.05) is 12.1 Å². The molecule has 0 saturated heterocycles. The van der Waals surface area contributed by atoms with Gasteiger partial charge in [-0.05, 0) is 29.8 Å². The molecule has 0 atom stereocenters. The van der Waals surface area contributed by atoms with E-state index in [1.165, 1.54) is 0 Å². The minimum atomic E-state index is 0.579. The predicted molar refractivity (Wildman–Crippen MR) is 78.1 cm³/mol. The standard InChI is InChI=1S/C16H18O4/c1-17-12-7-5-6-11(10-12)13-8-9-14(18-2)16(20-4)15(13)19-3/h5-10H,1-4H3. The van der Waals surface area contributed by atoms with Crippen molar-refractivity contribution in [3.63, 3.8) is 0 Å². The van der Waals surface area contributed by atoms with Gasteiger partial charge in [0.15, 0.2) is 11.5 Å². The van der Waals surface area contributed by atoms with Gasteiger partial charge in [-0.15, -0.1) is 0 Å². The lowest BCUT2D eigenvalue weighted by atomic mass is 10.0. The topological polar surface area (TPSA) is 36.9 Å². The van der Waals surface area contributed by atoms with Crippen LogP contribution in [0.3, 0.4) is 0 Å². The average molecular weight is 274 g/mol. The number of rotatable bonds is 5. The molecule has 0 bridgehead atoms. The van der Waals surface area contributed by atoms with Gasteiger partial charge in [0.05, 0.1) is 28.4 Å². The lowest BCUT2D eigenvalue weighted by Gasteiger charge is -2.16. The van der Waals surface area contributed by atoms with Crippen molar-refractivity contribution < 1.29 is 18.9 Å². The molecule has 0 aromatic heterocycles. The fraction of sp³-hybridized carbons (Fsp3) is 0.250. The molecule has 0 aliphatic heterocycles. The molecule has 106 valence electrons. The second kappa shape index (κ2) is 6.19. The summed E-state index contributed by atoms with van der Waals surface area (Å²) in [5, 5.41) is 0. The molecule has 0 radical (unpaired) electrons. The van der Waals surface area contributed by atoms with Crippen LogP contribution in [-0.4, -0.2) is 28.4 Å². The summed E-state index contributed by atoms with van der Waals surface area (Å²) in [6.45, 7) is 0. The third-order valence-electron chi connectivity index (χ3n) is 3.08. The zero-order valence-corrected chi connectivity index (χ0v) is 12.1. The second-order valence-corrected chi connectivity index (χ2v) is 4.11. The minimum Gasteiger partial charge on any atom is -0.497 e. The van der Waals surface area contributed by atoms with Gasteiger partial charge in [-0.2, -0.15) is 0 Å². The number of methoxy groups -OCH3 is 4. The third kappa shape index (κ3) is 2.50. The van der Waals surface area contributed by atoms with E-state index >= 15 is 0 Å². The maximum atomic E-state index is 5.49. The summed E-state index contributed by atoms with van der Waals surface area (Å²) in [4.78, 5) is 0. The molecule has 0 aliphatic carbocycles. The lowest BCUT2D eigenvalue weighted by molar-refractivity contribution is 0.325. The van der Waals surface area contributed by atoms with Crippen molar-refractivity contribution in [1.29, 1.82) is 0 Å². The van der Waals surface area contributed by atoms with Crippen LogP contribution in [0.15, 0.2) is 36.4 Å². The fourth-order valence-electron chi connectivity index (χ4n) is 2.12. The SMILES string of the molecule is COc1cccc(-c2ccc(OC)c(OC)c2OC)c1. The Morgan fingerprint density at radius 1 is 0.700 bits per heavy atom. The molecule has 0 saturated carbocycles. The van der Waals surface area contributed by atoms with E-state index in [1.807, 2.05) is 36.4 Å². The van der Waals surface area contributed by atoms with E-state index in [-0.39, 0.29) is 0 Å². The van der Waals surface area contributed by atoms with E-state index in [0.717, 1.165) is 16.9 Å². The van der Waals surface area contributed by atoms with Crippen LogP contribution in [0.1, 0.15) is 0 Å². The van der Waals surface area contributed by atoms with Gasteiger partial charge in [-0.3, -0.25) is 0 Å². The highest BCUT2D eigenvalue weighted by Crippen LogP contribution is 2.44. The Hall–Kier alpha value is -2.36. The van der Waals surface area contributed by atoms with E-state index in [9.17, 15) is 0 Å². The molecular formula is C16H18O4. The second-order valence-electron chi connectivity index (χ2n) is 4.11. The first kappa shape index (κ1) is 14.1. The minimum absolute atomic E-state index is 0.579. The molecule has 0 fully saturated rings. The van der Waals surface area contributed by atoms with Gasteiger partial charge in [0, 0.05) is 5.56 Å². The van der Waals surface area contributed by atoms with Crippen LogP contribution in [0.4, 0.5) is 0 Å². The number of hydrogen-bond donors (Lipinski definition) is 0. The van der Waals surface area contributed by atoms with E-state index in [0.29, 0.717) is 17.2 Å². The van der Waals surface area contributed by atoms with Crippen molar-refractivity contribution in [2.75, 3.05) is 28.4 Å². The van der Waals surface area contributed by atoms with E-state index in [1.54, 1.807) is 28.4 Å². The van der Waals surface area contributed by atoms with E-state index in [2.05, 4.69) is 0 Å². The van der Waals surface area contributed by atoms with Crippen molar-refractivity contribution in [3.8, 4) is 34.1 Å². The zero-order chi connectivity index (χ0) is 14.5. The maximum absolute atomic E-state index is 5.49. The van der Waals surface area contributed by atoms with Crippen LogP contribution in [0.25, 0.3) is 11.1 Å². The first-order valence-corrected chi connectivity index (χ1v) is 6.18. The highest BCUT2D eigenvalue weighted by molar-refractivity contribution is 5.77. The first-order valence-electron chi connectivity index (χ1n) is 6.18. The predicted octanol–water partition coefficient (Wildman–Crippen LogP) is 3.39. The zero-order valence-electron chi connectivity index (χ0n) is 12.1. The Kier molecular flexibility index (Phi) is 4.35.